The summed E-state index contributed by atoms with van der Waals surface area (Å²) < 4.78 is 26.0. The molecule has 2 amide bonds. The smallest absolute Gasteiger partial charge is 0.251 e. The first-order chi connectivity index (χ1) is 10.0. The first-order valence-electron chi connectivity index (χ1n) is 6.66. The number of likely N-dealkylation sites (tertiary alicyclic amines) is 1. The summed E-state index contributed by atoms with van der Waals surface area (Å²) in [7, 11) is 0. The Kier molecular flexibility index (Phi) is 4.85. The lowest BCUT2D eigenvalue weighted by atomic mass is 10.2. The van der Waals surface area contributed by atoms with E-state index in [2.05, 4.69) is 5.32 Å². The predicted octanol–water partition coefficient (Wildman–Crippen LogP) is 0.678. The molecule has 1 heterocycles. The molecule has 1 fully saturated rings. The minimum atomic E-state index is -0.855. The van der Waals surface area contributed by atoms with Crippen molar-refractivity contribution in [2.75, 3.05) is 19.7 Å². The summed E-state index contributed by atoms with van der Waals surface area (Å²) in [5.41, 5.74) is -0.180. The molecule has 1 atom stereocenters. The maximum absolute atomic E-state index is 13.0. The van der Waals surface area contributed by atoms with E-state index in [1.165, 1.54) is 4.90 Å². The minimum Gasteiger partial charge on any atom is -0.394 e. The molecule has 0 bridgehead atoms. The predicted molar refractivity (Wildman–Crippen MR) is 70.5 cm³/mol. The molecule has 2 rings (SSSR count). The number of rotatable bonds is 4. The van der Waals surface area contributed by atoms with Crippen molar-refractivity contribution in [2.24, 2.45) is 0 Å². The van der Waals surface area contributed by atoms with Crippen molar-refractivity contribution >= 4 is 11.8 Å². The molecule has 0 radical (unpaired) electrons. The molecule has 0 saturated carbocycles. The average molecular weight is 298 g/mol. The second-order valence-corrected chi connectivity index (χ2v) is 4.91. The lowest BCUT2D eigenvalue weighted by molar-refractivity contribution is -0.131. The van der Waals surface area contributed by atoms with Crippen molar-refractivity contribution < 1.29 is 23.5 Å². The fraction of sp³-hybridized carbons (Fsp3) is 0.429. The largest absolute Gasteiger partial charge is 0.394 e. The molecule has 1 aliphatic rings. The van der Waals surface area contributed by atoms with Crippen LogP contribution in [0.2, 0.25) is 0 Å². The summed E-state index contributed by atoms with van der Waals surface area (Å²) in [5.74, 6) is -2.75. The molecule has 0 aromatic heterocycles. The van der Waals surface area contributed by atoms with Gasteiger partial charge in [-0.1, -0.05) is 0 Å². The molecule has 1 saturated heterocycles. The van der Waals surface area contributed by atoms with Gasteiger partial charge in [-0.25, -0.2) is 8.78 Å². The Hall–Kier alpha value is -2.02. The molecule has 21 heavy (non-hydrogen) atoms. The highest BCUT2D eigenvalue weighted by Crippen LogP contribution is 2.16. The lowest BCUT2D eigenvalue weighted by Crippen LogP contribution is -2.43. The number of amides is 2. The molecular weight excluding hydrogens is 282 g/mol. The molecular formula is C14H16F2N2O3. The second-order valence-electron chi connectivity index (χ2n) is 4.91. The number of benzene rings is 1. The SMILES string of the molecule is O=C(NCC(=O)N1CCC[C@@H]1CO)c1cc(F)cc(F)c1. The van der Waals surface area contributed by atoms with Crippen LogP contribution in [0.1, 0.15) is 23.2 Å². The first-order valence-corrected chi connectivity index (χ1v) is 6.66. The fourth-order valence-corrected chi connectivity index (χ4v) is 2.40. The molecule has 114 valence electrons. The summed E-state index contributed by atoms with van der Waals surface area (Å²) in [5, 5.41) is 11.5. The van der Waals surface area contributed by atoms with Gasteiger partial charge >= 0.3 is 0 Å². The topological polar surface area (TPSA) is 69.6 Å². The van der Waals surface area contributed by atoms with Gasteiger partial charge in [0.1, 0.15) is 11.6 Å². The fourth-order valence-electron chi connectivity index (χ4n) is 2.40. The summed E-state index contributed by atoms with van der Waals surface area (Å²) in [4.78, 5) is 25.2. The average Bonchev–Trinajstić information content (AvgIpc) is 2.91. The summed E-state index contributed by atoms with van der Waals surface area (Å²) >= 11 is 0. The van der Waals surface area contributed by atoms with Gasteiger partial charge in [0.25, 0.3) is 5.91 Å². The van der Waals surface area contributed by atoms with E-state index in [-0.39, 0.29) is 30.7 Å². The standard InChI is InChI=1S/C14H16F2N2O3/c15-10-4-9(5-11(16)6-10)14(21)17-7-13(20)18-3-1-2-12(18)8-19/h4-6,12,19H,1-3,7-8H2,(H,17,21)/t12-/m1/s1. The van der Waals surface area contributed by atoms with Gasteiger partial charge in [-0.2, -0.15) is 0 Å². The summed E-state index contributed by atoms with van der Waals surface area (Å²) in [6.07, 6.45) is 1.53. The summed E-state index contributed by atoms with van der Waals surface area (Å²) in [6.45, 7) is 0.150. The molecule has 0 aliphatic carbocycles. The Morgan fingerprint density at radius 2 is 1.95 bits per heavy atom. The number of aliphatic hydroxyl groups is 1. The van der Waals surface area contributed by atoms with Gasteiger partial charge in [-0.3, -0.25) is 9.59 Å². The van der Waals surface area contributed by atoms with Crippen molar-refractivity contribution in [3.63, 3.8) is 0 Å². The van der Waals surface area contributed by atoms with E-state index < -0.39 is 17.5 Å². The van der Waals surface area contributed by atoms with Crippen molar-refractivity contribution in [2.45, 2.75) is 18.9 Å². The number of hydrogen-bond acceptors (Lipinski definition) is 3. The number of nitrogens with one attached hydrogen (secondary N) is 1. The van der Waals surface area contributed by atoms with Gasteiger partial charge < -0.3 is 15.3 Å². The Morgan fingerprint density at radius 1 is 1.29 bits per heavy atom. The lowest BCUT2D eigenvalue weighted by Gasteiger charge is -2.23. The number of halogens is 2. The van der Waals surface area contributed by atoms with Crippen molar-refractivity contribution in [1.29, 1.82) is 0 Å². The third-order valence-corrected chi connectivity index (χ3v) is 3.43. The van der Waals surface area contributed by atoms with Gasteiger partial charge in [-0.15, -0.1) is 0 Å². The van der Waals surface area contributed by atoms with Crippen LogP contribution in [-0.2, 0) is 4.79 Å². The van der Waals surface area contributed by atoms with Crippen LogP contribution in [0.5, 0.6) is 0 Å². The highest BCUT2D eigenvalue weighted by Gasteiger charge is 2.27. The maximum Gasteiger partial charge on any atom is 0.251 e. The van der Waals surface area contributed by atoms with E-state index in [1.54, 1.807) is 0 Å². The van der Waals surface area contributed by atoms with Crippen molar-refractivity contribution in [1.82, 2.24) is 10.2 Å². The maximum atomic E-state index is 13.0. The van der Waals surface area contributed by atoms with E-state index in [0.29, 0.717) is 12.6 Å². The van der Waals surface area contributed by atoms with Crippen LogP contribution in [0.25, 0.3) is 0 Å². The summed E-state index contributed by atoms with van der Waals surface area (Å²) in [6, 6.07) is 2.24. The third kappa shape index (κ3) is 3.75. The Labute approximate surface area is 120 Å². The van der Waals surface area contributed by atoms with E-state index in [4.69, 9.17) is 5.11 Å². The monoisotopic (exact) mass is 298 g/mol. The Morgan fingerprint density at radius 3 is 2.57 bits per heavy atom. The van der Waals surface area contributed by atoms with Crippen LogP contribution in [0.15, 0.2) is 18.2 Å². The number of carbonyl (C=O) groups excluding carboxylic acids is 2. The molecule has 5 nitrogen and oxygen atoms in total. The normalized spacial score (nSPS) is 17.9. The number of nitrogens with zero attached hydrogens (tertiary/aromatic N) is 1. The van der Waals surface area contributed by atoms with Crippen molar-refractivity contribution in [3.8, 4) is 0 Å². The van der Waals surface area contributed by atoms with Crippen LogP contribution in [0, 0.1) is 11.6 Å². The molecule has 7 heteroatoms. The molecule has 1 aliphatic heterocycles. The zero-order chi connectivity index (χ0) is 15.4. The third-order valence-electron chi connectivity index (χ3n) is 3.43. The zero-order valence-electron chi connectivity index (χ0n) is 11.3. The van der Waals surface area contributed by atoms with Gasteiger partial charge in [0.15, 0.2) is 0 Å². The van der Waals surface area contributed by atoms with E-state index in [1.807, 2.05) is 0 Å². The van der Waals surface area contributed by atoms with Gasteiger partial charge in [-0.05, 0) is 25.0 Å². The quantitative estimate of drug-likeness (QED) is 0.859. The van der Waals surface area contributed by atoms with Gasteiger partial charge in [0.05, 0.1) is 19.2 Å². The number of aliphatic hydroxyl groups excluding tert-OH is 1. The van der Waals surface area contributed by atoms with Crippen LogP contribution >= 0.6 is 0 Å². The molecule has 1 aromatic rings. The van der Waals surface area contributed by atoms with E-state index >= 15 is 0 Å². The van der Waals surface area contributed by atoms with E-state index in [9.17, 15) is 18.4 Å². The van der Waals surface area contributed by atoms with Crippen LogP contribution in [0.3, 0.4) is 0 Å². The first kappa shape index (κ1) is 15.4. The van der Waals surface area contributed by atoms with E-state index in [0.717, 1.165) is 25.0 Å². The second kappa shape index (κ2) is 6.62. The molecule has 0 unspecified atom stereocenters. The minimum absolute atomic E-state index is 0.116. The Bertz CT molecular complexity index is 531. The highest BCUT2D eigenvalue weighted by molar-refractivity contribution is 5.96. The number of hydrogen-bond donors (Lipinski definition) is 2. The number of carbonyl (C=O) groups is 2. The Balaban J connectivity index is 1.93. The molecule has 2 N–H and O–H groups in total. The van der Waals surface area contributed by atoms with Gasteiger partial charge in [0, 0.05) is 18.2 Å². The van der Waals surface area contributed by atoms with Crippen molar-refractivity contribution in [3.05, 3.63) is 35.4 Å². The molecule has 0 spiro atoms. The van der Waals surface area contributed by atoms with Crippen LogP contribution < -0.4 is 5.32 Å². The van der Waals surface area contributed by atoms with Gasteiger partial charge in [0.2, 0.25) is 5.91 Å². The highest BCUT2D eigenvalue weighted by atomic mass is 19.1. The van der Waals surface area contributed by atoms with Crippen LogP contribution in [0.4, 0.5) is 8.78 Å². The van der Waals surface area contributed by atoms with Crippen LogP contribution in [-0.4, -0.2) is 47.6 Å². The molecule has 1 aromatic carbocycles. The zero-order valence-corrected chi connectivity index (χ0v) is 11.3.